The third-order valence-corrected chi connectivity index (χ3v) is 7.53. The summed E-state index contributed by atoms with van der Waals surface area (Å²) in [5, 5.41) is 0. The van der Waals surface area contributed by atoms with Gasteiger partial charge in [0.2, 0.25) is 5.78 Å². The van der Waals surface area contributed by atoms with Gasteiger partial charge in [-0.15, -0.1) is 0 Å². The Hall–Kier alpha value is -3.19. The second-order valence-electron chi connectivity index (χ2n) is 8.35. The Kier molecular flexibility index (Phi) is 7.22. The maximum atomic E-state index is 12.7. The molecule has 3 aromatic rings. The quantitative estimate of drug-likeness (QED) is 0.357. The molecule has 0 radical (unpaired) electrons. The highest BCUT2D eigenvalue weighted by atomic mass is 32.2. The molecule has 0 aliphatic rings. The number of carbonyl (C=O) groups excluding carboxylic acids is 2. The number of hydrogen-bond donors (Lipinski definition) is 0. The van der Waals surface area contributed by atoms with Gasteiger partial charge in [-0.05, 0) is 76.1 Å². The molecule has 0 spiro atoms. The predicted molar refractivity (Wildman–Crippen MR) is 128 cm³/mol. The van der Waals surface area contributed by atoms with E-state index in [1.807, 2.05) is 51.3 Å². The average molecular weight is 468 g/mol. The lowest BCUT2D eigenvalue weighted by atomic mass is 10.1. The zero-order valence-electron chi connectivity index (χ0n) is 19.6. The molecule has 1 heterocycles. The predicted octanol–water partition coefficient (Wildman–Crippen LogP) is 4.61. The largest absolute Gasteiger partial charge is 0.457 e. The van der Waals surface area contributed by atoms with Gasteiger partial charge >= 0.3 is 5.97 Å². The molecule has 0 aliphatic heterocycles. The van der Waals surface area contributed by atoms with E-state index in [1.165, 1.54) is 17.7 Å². The Morgan fingerprint density at radius 3 is 2.18 bits per heavy atom. The maximum Gasteiger partial charge on any atom is 0.307 e. The summed E-state index contributed by atoms with van der Waals surface area (Å²) in [6.07, 6.45) is -0.314. The number of benzene rings is 2. The number of sulfone groups is 1. The number of aromatic nitrogens is 1. The fourth-order valence-electron chi connectivity index (χ4n) is 3.68. The van der Waals surface area contributed by atoms with Crippen molar-refractivity contribution < 1.29 is 22.7 Å². The number of esters is 1. The van der Waals surface area contributed by atoms with Crippen molar-refractivity contribution >= 4 is 21.6 Å². The van der Waals surface area contributed by atoms with Crippen LogP contribution in [0.15, 0.2) is 53.4 Å². The average Bonchev–Trinajstić information content (AvgIpc) is 3.07. The minimum atomic E-state index is -3.60. The number of ketones is 1. The van der Waals surface area contributed by atoms with Gasteiger partial charge in [-0.25, -0.2) is 8.42 Å². The normalized spacial score (nSPS) is 11.4. The topological polar surface area (TPSA) is 82.4 Å². The molecular formula is C26H29NO5S. The summed E-state index contributed by atoms with van der Waals surface area (Å²) < 4.78 is 31.9. The van der Waals surface area contributed by atoms with Crippen molar-refractivity contribution in [2.75, 3.05) is 12.4 Å². The van der Waals surface area contributed by atoms with Gasteiger partial charge in [0, 0.05) is 22.6 Å². The first kappa shape index (κ1) is 24.5. The van der Waals surface area contributed by atoms with Crippen molar-refractivity contribution in [3.63, 3.8) is 0 Å². The van der Waals surface area contributed by atoms with Crippen molar-refractivity contribution in [3.05, 3.63) is 82.2 Å². The highest BCUT2D eigenvalue weighted by Gasteiger charge is 2.20. The van der Waals surface area contributed by atoms with Crippen LogP contribution in [0.2, 0.25) is 0 Å². The lowest BCUT2D eigenvalue weighted by molar-refractivity contribution is -0.142. The molecule has 0 bridgehead atoms. The van der Waals surface area contributed by atoms with Crippen molar-refractivity contribution in [2.24, 2.45) is 0 Å². The molecule has 174 valence electrons. The zero-order chi connectivity index (χ0) is 24.3. The molecule has 33 heavy (non-hydrogen) atoms. The molecule has 7 heteroatoms. The van der Waals surface area contributed by atoms with E-state index in [1.54, 1.807) is 18.2 Å². The Labute approximate surface area is 195 Å². The van der Waals surface area contributed by atoms with E-state index in [0.717, 1.165) is 28.2 Å². The number of ether oxygens (including phenoxy) is 1. The van der Waals surface area contributed by atoms with Gasteiger partial charge in [0.05, 0.1) is 17.1 Å². The van der Waals surface area contributed by atoms with Crippen LogP contribution in [0.1, 0.15) is 44.9 Å². The maximum absolute atomic E-state index is 12.7. The molecule has 0 saturated carbocycles. The first-order valence-electron chi connectivity index (χ1n) is 10.7. The van der Waals surface area contributed by atoms with E-state index >= 15 is 0 Å². The summed E-state index contributed by atoms with van der Waals surface area (Å²) in [6.45, 7) is 9.29. The smallest absolute Gasteiger partial charge is 0.307 e. The molecule has 3 rings (SSSR count). The van der Waals surface area contributed by atoms with E-state index in [4.69, 9.17) is 4.74 Å². The van der Waals surface area contributed by atoms with Crippen molar-refractivity contribution in [2.45, 2.75) is 45.9 Å². The first-order chi connectivity index (χ1) is 15.5. The molecule has 0 aliphatic carbocycles. The standard InChI is InChI=1S/C26H29NO5S/c1-17-6-10-23(11-7-17)33(30,31)13-12-26(29)32-16-25(28)24-15-20(4)27(21(24)5)22-9-8-18(2)19(3)14-22/h6-11,14-15H,12-13,16H2,1-5H3. The molecular weight excluding hydrogens is 438 g/mol. The number of hydrogen-bond acceptors (Lipinski definition) is 5. The first-order valence-corrected chi connectivity index (χ1v) is 12.4. The van der Waals surface area contributed by atoms with Crippen LogP contribution in [0.3, 0.4) is 0 Å². The lowest BCUT2D eigenvalue weighted by Crippen LogP contribution is -2.18. The van der Waals surface area contributed by atoms with Crippen LogP contribution in [0.4, 0.5) is 0 Å². The molecule has 0 atom stereocenters. The summed E-state index contributed by atoms with van der Waals surface area (Å²) in [6, 6.07) is 14.3. The molecule has 0 N–H and O–H groups in total. The fourth-order valence-corrected chi connectivity index (χ4v) is 4.91. The van der Waals surface area contributed by atoms with Crippen LogP contribution in [0.5, 0.6) is 0 Å². The van der Waals surface area contributed by atoms with Crippen LogP contribution >= 0.6 is 0 Å². The Balaban J connectivity index is 1.63. The van der Waals surface area contributed by atoms with Gasteiger partial charge in [0.1, 0.15) is 0 Å². The minimum absolute atomic E-state index is 0.163. The second-order valence-corrected chi connectivity index (χ2v) is 10.5. The van der Waals surface area contributed by atoms with E-state index < -0.39 is 22.4 Å². The highest BCUT2D eigenvalue weighted by molar-refractivity contribution is 7.91. The number of carbonyl (C=O) groups is 2. The minimum Gasteiger partial charge on any atom is -0.457 e. The third kappa shape index (κ3) is 5.60. The molecule has 0 unspecified atom stereocenters. The van der Waals surface area contributed by atoms with Gasteiger partial charge in [0.15, 0.2) is 16.4 Å². The number of nitrogens with zero attached hydrogens (tertiary/aromatic N) is 1. The van der Waals surface area contributed by atoms with Crippen molar-refractivity contribution in [1.29, 1.82) is 0 Å². The van der Waals surface area contributed by atoms with Crippen LogP contribution in [-0.4, -0.2) is 37.1 Å². The molecule has 2 aromatic carbocycles. The van der Waals surface area contributed by atoms with Crippen molar-refractivity contribution in [1.82, 2.24) is 4.57 Å². The van der Waals surface area contributed by atoms with E-state index in [0.29, 0.717) is 5.56 Å². The zero-order valence-corrected chi connectivity index (χ0v) is 20.5. The summed E-state index contributed by atoms with van der Waals surface area (Å²) in [5.74, 6) is -1.42. The Bertz CT molecular complexity index is 1300. The van der Waals surface area contributed by atoms with Crippen LogP contribution in [0.25, 0.3) is 5.69 Å². The second kappa shape index (κ2) is 9.75. The van der Waals surface area contributed by atoms with E-state index in [9.17, 15) is 18.0 Å². The van der Waals surface area contributed by atoms with Gasteiger partial charge in [0.25, 0.3) is 0 Å². The number of aryl methyl sites for hydroxylation is 4. The Morgan fingerprint density at radius 1 is 0.879 bits per heavy atom. The summed E-state index contributed by atoms with van der Waals surface area (Å²) in [7, 11) is -3.60. The Morgan fingerprint density at radius 2 is 1.55 bits per heavy atom. The summed E-state index contributed by atoms with van der Waals surface area (Å²) in [4.78, 5) is 25.0. The van der Waals surface area contributed by atoms with Gasteiger partial charge in [-0.2, -0.15) is 0 Å². The molecule has 0 saturated heterocycles. The lowest BCUT2D eigenvalue weighted by Gasteiger charge is -2.12. The van der Waals surface area contributed by atoms with Gasteiger partial charge in [-0.3, -0.25) is 9.59 Å². The van der Waals surface area contributed by atoms with Gasteiger partial charge < -0.3 is 9.30 Å². The van der Waals surface area contributed by atoms with Crippen LogP contribution < -0.4 is 0 Å². The summed E-state index contributed by atoms with van der Waals surface area (Å²) >= 11 is 0. The van der Waals surface area contributed by atoms with Gasteiger partial charge in [-0.1, -0.05) is 23.8 Å². The molecule has 0 amide bonds. The fraction of sp³-hybridized carbons (Fsp3) is 0.308. The highest BCUT2D eigenvalue weighted by Crippen LogP contribution is 2.23. The molecule has 1 aromatic heterocycles. The SMILES string of the molecule is Cc1ccc(S(=O)(=O)CCC(=O)OCC(=O)c2cc(C)n(-c3ccc(C)c(C)c3)c2C)cc1. The summed E-state index contributed by atoms with van der Waals surface area (Å²) in [5.41, 5.74) is 6.39. The van der Waals surface area contributed by atoms with Crippen LogP contribution in [-0.2, 0) is 19.4 Å². The number of Topliss-reactive ketones (excluding diaryl/α,β-unsaturated/α-hetero) is 1. The van der Waals surface area contributed by atoms with E-state index in [2.05, 4.69) is 6.07 Å². The number of rotatable bonds is 8. The van der Waals surface area contributed by atoms with Crippen LogP contribution in [0, 0.1) is 34.6 Å². The molecule has 6 nitrogen and oxygen atoms in total. The molecule has 0 fully saturated rings. The third-order valence-electron chi connectivity index (χ3n) is 5.80. The van der Waals surface area contributed by atoms with E-state index in [-0.39, 0.29) is 22.9 Å². The monoisotopic (exact) mass is 467 g/mol. The van der Waals surface area contributed by atoms with Crippen molar-refractivity contribution in [3.8, 4) is 5.69 Å².